The third-order valence-electron chi connectivity index (χ3n) is 3.22. The first-order valence-corrected chi connectivity index (χ1v) is 8.95. The van der Waals surface area contributed by atoms with E-state index >= 15 is 0 Å². The topological polar surface area (TPSA) is 53.3 Å². The van der Waals surface area contributed by atoms with Crippen LogP contribution in [0.1, 0.15) is 37.0 Å². The van der Waals surface area contributed by atoms with Crippen molar-refractivity contribution >= 4 is 34.3 Å². The van der Waals surface area contributed by atoms with E-state index in [2.05, 4.69) is 6.07 Å². The van der Waals surface area contributed by atoms with Crippen molar-refractivity contribution in [1.29, 1.82) is 5.26 Å². The summed E-state index contributed by atoms with van der Waals surface area (Å²) in [6, 6.07) is 11.4. The normalized spacial score (nSPS) is 11.3. The van der Waals surface area contributed by atoms with Crippen molar-refractivity contribution in [2.75, 3.05) is 19.7 Å². The minimum Gasteiger partial charge on any atom is -0.479 e. The number of hydrogen-bond donors (Lipinski definition) is 0. The molecule has 0 aliphatic carbocycles. The Morgan fingerprint density at radius 1 is 1.39 bits per heavy atom. The average Bonchev–Trinajstić information content (AvgIpc) is 2.57. The summed E-state index contributed by atoms with van der Waals surface area (Å²) in [6.07, 6.45) is 1.11. The molecule has 0 bridgehead atoms. The van der Waals surface area contributed by atoms with Crippen molar-refractivity contribution < 1.29 is 9.53 Å². The molecule has 0 aromatic heterocycles. The van der Waals surface area contributed by atoms with Crippen LogP contribution in [0.3, 0.4) is 0 Å². The Balaban J connectivity index is 2.75. The first-order valence-electron chi connectivity index (χ1n) is 7.67. The highest BCUT2D eigenvalue weighted by molar-refractivity contribution is 8.23. The van der Waals surface area contributed by atoms with Crippen molar-refractivity contribution in [2.24, 2.45) is 0 Å². The molecule has 124 valence electrons. The minimum absolute atomic E-state index is 0.00186. The molecular weight excluding hydrogens is 328 g/mol. The summed E-state index contributed by atoms with van der Waals surface area (Å²) >= 11 is 6.61. The molecule has 0 aliphatic heterocycles. The van der Waals surface area contributed by atoms with Crippen molar-refractivity contribution in [3.05, 3.63) is 35.9 Å². The van der Waals surface area contributed by atoms with Crippen LogP contribution >= 0.6 is 24.0 Å². The molecule has 0 N–H and O–H groups in total. The lowest BCUT2D eigenvalue weighted by atomic mass is 10.1. The van der Waals surface area contributed by atoms with Crippen LogP contribution in [-0.4, -0.2) is 40.1 Å². The van der Waals surface area contributed by atoms with Gasteiger partial charge in [-0.15, -0.1) is 0 Å². The number of nitrogens with zero attached hydrogens (tertiary/aromatic N) is 2. The van der Waals surface area contributed by atoms with Gasteiger partial charge >= 0.3 is 0 Å². The number of thiocarbonyl (C=S) groups is 1. The fraction of sp³-hybridized carbons (Fsp3) is 0.471. The maximum absolute atomic E-state index is 12.6. The zero-order chi connectivity index (χ0) is 17.1. The Kier molecular flexibility index (Phi) is 9.34. The first kappa shape index (κ1) is 19.5. The molecule has 1 atom stereocenters. The van der Waals surface area contributed by atoms with Crippen molar-refractivity contribution in [1.82, 2.24) is 4.90 Å². The Morgan fingerprint density at radius 2 is 2.09 bits per heavy atom. The number of hydrogen-bond acceptors (Lipinski definition) is 5. The smallest absolute Gasteiger partial charge is 0.253 e. The Morgan fingerprint density at radius 3 is 2.65 bits per heavy atom. The van der Waals surface area contributed by atoms with E-state index in [4.69, 9.17) is 22.2 Å². The van der Waals surface area contributed by atoms with Crippen LogP contribution in [0, 0.1) is 11.3 Å². The molecule has 1 rings (SSSR count). The van der Waals surface area contributed by atoms with Gasteiger partial charge in [-0.3, -0.25) is 4.79 Å². The minimum atomic E-state index is -0.00186. The number of carbonyl (C=O) groups excluding carboxylic acids is 1. The van der Waals surface area contributed by atoms with Crippen LogP contribution in [0.25, 0.3) is 0 Å². The second-order valence-corrected chi connectivity index (χ2v) is 6.73. The van der Waals surface area contributed by atoms with Gasteiger partial charge in [-0.2, -0.15) is 5.26 Å². The Hall–Kier alpha value is -1.58. The molecule has 1 unspecified atom stereocenters. The van der Waals surface area contributed by atoms with E-state index in [-0.39, 0.29) is 11.2 Å². The largest absolute Gasteiger partial charge is 0.479 e. The summed E-state index contributed by atoms with van der Waals surface area (Å²) in [7, 11) is 0. The van der Waals surface area contributed by atoms with E-state index in [0.29, 0.717) is 42.5 Å². The standard InChI is InChI=1S/C17H22N2O2S2/c1-3-19(16(20)14-9-6-5-7-10-14)13-15(11-8-12-18)23-17(22)21-4-2/h5-7,9-10,15H,3-4,8,11,13H2,1-2H3. The molecule has 1 amide bonds. The highest BCUT2D eigenvalue weighted by Gasteiger charge is 2.21. The molecule has 0 heterocycles. The van der Waals surface area contributed by atoms with Gasteiger partial charge in [0.25, 0.3) is 5.91 Å². The van der Waals surface area contributed by atoms with E-state index in [0.717, 1.165) is 0 Å². The van der Waals surface area contributed by atoms with Gasteiger partial charge in [-0.1, -0.05) is 30.0 Å². The zero-order valence-corrected chi connectivity index (χ0v) is 15.2. The number of benzene rings is 1. The number of ether oxygens (including phenoxy) is 1. The predicted octanol–water partition coefficient (Wildman–Crippen LogP) is 3.88. The third kappa shape index (κ3) is 7.02. The van der Waals surface area contributed by atoms with Crippen LogP contribution in [0.5, 0.6) is 0 Å². The second kappa shape index (κ2) is 11.0. The molecule has 0 spiro atoms. The molecular formula is C17H22N2O2S2. The third-order valence-corrected chi connectivity index (χ3v) is 4.65. The molecule has 1 aromatic carbocycles. The second-order valence-electron chi connectivity index (χ2n) is 4.83. The highest BCUT2D eigenvalue weighted by Crippen LogP contribution is 2.21. The highest BCUT2D eigenvalue weighted by atomic mass is 32.2. The lowest BCUT2D eigenvalue weighted by Crippen LogP contribution is -2.36. The lowest BCUT2D eigenvalue weighted by Gasteiger charge is -2.26. The number of thioether (sulfide) groups is 1. The van der Waals surface area contributed by atoms with Gasteiger partial charge < -0.3 is 9.64 Å². The van der Waals surface area contributed by atoms with Crippen LogP contribution < -0.4 is 0 Å². The summed E-state index contributed by atoms with van der Waals surface area (Å²) in [4.78, 5) is 14.4. The SMILES string of the molecule is CCOC(=S)SC(CCC#N)CN(CC)C(=O)c1ccccc1. The first-order chi connectivity index (χ1) is 11.1. The van der Waals surface area contributed by atoms with Crippen LogP contribution in [-0.2, 0) is 4.74 Å². The maximum atomic E-state index is 12.6. The molecule has 0 fully saturated rings. The number of amides is 1. The zero-order valence-electron chi connectivity index (χ0n) is 13.5. The quantitative estimate of drug-likeness (QED) is 0.666. The van der Waals surface area contributed by atoms with Crippen LogP contribution in [0.4, 0.5) is 0 Å². The summed E-state index contributed by atoms with van der Waals surface area (Å²) in [6.45, 7) is 5.52. The van der Waals surface area contributed by atoms with Gasteiger partial charge in [-0.05, 0) is 44.6 Å². The van der Waals surface area contributed by atoms with Gasteiger partial charge in [0.2, 0.25) is 4.38 Å². The average molecular weight is 351 g/mol. The van der Waals surface area contributed by atoms with Gasteiger partial charge in [0.15, 0.2) is 0 Å². The molecule has 6 heteroatoms. The summed E-state index contributed by atoms with van der Waals surface area (Å²) in [5.41, 5.74) is 0.672. The summed E-state index contributed by atoms with van der Waals surface area (Å²) in [5, 5.41) is 8.88. The van der Waals surface area contributed by atoms with E-state index in [1.165, 1.54) is 11.8 Å². The molecule has 23 heavy (non-hydrogen) atoms. The fourth-order valence-corrected chi connectivity index (χ4v) is 3.54. The molecule has 0 saturated heterocycles. The molecule has 1 aromatic rings. The van der Waals surface area contributed by atoms with Gasteiger partial charge in [0.1, 0.15) is 0 Å². The van der Waals surface area contributed by atoms with E-state index in [1.807, 2.05) is 44.2 Å². The number of carbonyl (C=O) groups is 1. The number of nitriles is 1. The van der Waals surface area contributed by atoms with E-state index < -0.39 is 0 Å². The lowest BCUT2D eigenvalue weighted by molar-refractivity contribution is 0.0764. The van der Waals surface area contributed by atoms with Gasteiger partial charge in [-0.25, -0.2) is 0 Å². The van der Waals surface area contributed by atoms with Crippen molar-refractivity contribution in [2.45, 2.75) is 31.9 Å². The summed E-state index contributed by atoms with van der Waals surface area (Å²) in [5.74, 6) is -0.00186. The number of rotatable bonds is 8. The summed E-state index contributed by atoms with van der Waals surface area (Å²) < 4.78 is 5.79. The predicted molar refractivity (Wildman–Crippen MR) is 98.5 cm³/mol. The van der Waals surface area contributed by atoms with Crippen molar-refractivity contribution in [3.63, 3.8) is 0 Å². The Labute approximate surface area is 147 Å². The van der Waals surface area contributed by atoms with E-state index in [9.17, 15) is 4.79 Å². The van der Waals surface area contributed by atoms with Crippen molar-refractivity contribution in [3.8, 4) is 6.07 Å². The maximum Gasteiger partial charge on any atom is 0.253 e. The molecule has 0 radical (unpaired) electrons. The van der Waals surface area contributed by atoms with E-state index in [1.54, 1.807) is 4.90 Å². The van der Waals surface area contributed by atoms with Gasteiger partial charge in [0, 0.05) is 30.3 Å². The molecule has 0 saturated carbocycles. The molecule has 0 aliphatic rings. The molecule has 4 nitrogen and oxygen atoms in total. The Bertz CT molecular complexity index is 543. The van der Waals surface area contributed by atoms with Gasteiger partial charge in [0.05, 0.1) is 12.7 Å². The monoisotopic (exact) mass is 350 g/mol. The van der Waals surface area contributed by atoms with Crippen LogP contribution in [0.15, 0.2) is 30.3 Å². The van der Waals surface area contributed by atoms with Crippen LogP contribution in [0.2, 0.25) is 0 Å². The fourth-order valence-electron chi connectivity index (χ4n) is 2.07.